The fourth-order valence-electron chi connectivity index (χ4n) is 2.92. The van der Waals surface area contributed by atoms with Crippen molar-refractivity contribution in [1.29, 1.82) is 0 Å². The third kappa shape index (κ3) is 5.59. The fourth-order valence-corrected chi connectivity index (χ4v) is 2.92. The molecule has 3 aromatic carbocycles. The Bertz CT molecular complexity index is 937. The van der Waals surface area contributed by atoms with Crippen LogP contribution in [0.25, 0.3) is 11.1 Å². The van der Waals surface area contributed by atoms with Crippen LogP contribution in [0.4, 0.5) is 0 Å². The maximum absolute atomic E-state index is 12.1. The van der Waals surface area contributed by atoms with Gasteiger partial charge in [-0.2, -0.15) is 0 Å². The van der Waals surface area contributed by atoms with E-state index >= 15 is 0 Å². The monoisotopic (exact) mass is 391 g/mol. The van der Waals surface area contributed by atoms with Gasteiger partial charge in [-0.05, 0) is 35.7 Å². The molecule has 0 aromatic heterocycles. The van der Waals surface area contributed by atoms with Crippen LogP contribution in [-0.2, 0) is 10.4 Å². The van der Waals surface area contributed by atoms with Gasteiger partial charge in [-0.3, -0.25) is 4.79 Å². The van der Waals surface area contributed by atoms with Gasteiger partial charge < -0.3 is 19.9 Å². The second kappa shape index (κ2) is 9.26. The quantitative estimate of drug-likeness (QED) is 0.613. The van der Waals surface area contributed by atoms with E-state index in [0.717, 1.165) is 16.7 Å². The van der Waals surface area contributed by atoms with Crippen molar-refractivity contribution in [3.63, 3.8) is 0 Å². The van der Waals surface area contributed by atoms with Gasteiger partial charge in [0.05, 0.1) is 13.7 Å². The Labute approximate surface area is 170 Å². The molecule has 3 rings (SSSR count). The molecule has 0 aliphatic heterocycles. The van der Waals surface area contributed by atoms with E-state index in [2.05, 4.69) is 5.32 Å². The number of hydrogen-bond donors (Lipinski definition) is 2. The van der Waals surface area contributed by atoms with Crippen molar-refractivity contribution in [2.45, 2.75) is 12.5 Å². The first-order valence-electron chi connectivity index (χ1n) is 9.40. The Morgan fingerprint density at radius 1 is 0.931 bits per heavy atom. The van der Waals surface area contributed by atoms with Crippen molar-refractivity contribution in [1.82, 2.24) is 5.32 Å². The Kier molecular flexibility index (Phi) is 6.52. The van der Waals surface area contributed by atoms with Gasteiger partial charge in [0.15, 0.2) is 6.61 Å². The highest BCUT2D eigenvalue weighted by Crippen LogP contribution is 2.25. The molecule has 3 aromatic rings. The van der Waals surface area contributed by atoms with E-state index in [1.165, 1.54) is 0 Å². The molecule has 1 unspecified atom stereocenters. The summed E-state index contributed by atoms with van der Waals surface area (Å²) in [7, 11) is 1.57. The summed E-state index contributed by atoms with van der Waals surface area (Å²) in [5.41, 5.74) is 1.72. The largest absolute Gasteiger partial charge is 0.497 e. The summed E-state index contributed by atoms with van der Waals surface area (Å²) in [4.78, 5) is 12.1. The molecule has 0 spiro atoms. The number of rotatable bonds is 8. The van der Waals surface area contributed by atoms with E-state index < -0.39 is 5.60 Å². The lowest BCUT2D eigenvalue weighted by molar-refractivity contribution is -0.124. The molecular formula is C24H25NO4. The highest BCUT2D eigenvalue weighted by atomic mass is 16.5. The summed E-state index contributed by atoms with van der Waals surface area (Å²) in [6.45, 7) is 1.61. The summed E-state index contributed by atoms with van der Waals surface area (Å²) in [6.07, 6.45) is 0. The predicted molar refractivity (Wildman–Crippen MR) is 113 cm³/mol. The average molecular weight is 391 g/mol. The minimum absolute atomic E-state index is 0.0813. The van der Waals surface area contributed by atoms with Crippen molar-refractivity contribution in [2.75, 3.05) is 20.3 Å². The molecule has 1 atom stereocenters. The first kappa shape index (κ1) is 20.4. The molecule has 0 heterocycles. The fraction of sp³-hybridized carbons (Fsp3) is 0.208. The zero-order valence-electron chi connectivity index (χ0n) is 16.6. The lowest BCUT2D eigenvalue weighted by atomic mass is 9.93. The van der Waals surface area contributed by atoms with Crippen LogP contribution in [0.5, 0.6) is 11.5 Å². The van der Waals surface area contributed by atoms with Crippen molar-refractivity contribution >= 4 is 5.91 Å². The van der Waals surface area contributed by atoms with Crippen molar-refractivity contribution in [2.24, 2.45) is 0 Å². The van der Waals surface area contributed by atoms with Gasteiger partial charge in [0.1, 0.15) is 17.1 Å². The lowest BCUT2D eigenvalue weighted by Crippen LogP contribution is -2.40. The minimum atomic E-state index is -1.19. The summed E-state index contributed by atoms with van der Waals surface area (Å²) in [5, 5.41) is 13.5. The molecule has 5 nitrogen and oxygen atoms in total. The van der Waals surface area contributed by atoms with Crippen LogP contribution in [0, 0.1) is 0 Å². The van der Waals surface area contributed by atoms with Crippen LogP contribution in [0.2, 0.25) is 0 Å². The van der Waals surface area contributed by atoms with Gasteiger partial charge in [0.2, 0.25) is 0 Å². The smallest absolute Gasteiger partial charge is 0.258 e. The van der Waals surface area contributed by atoms with Crippen LogP contribution in [0.3, 0.4) is 0 Å². The number of aliphatic hydroxyl groups is 1. The molecule has 0 bridgehead atoms. The van der Waals surface area contributed by atoms with E-state index in [-0.39, 0.29) is 19.1 Å². The molecule has 150 valence electrons. The number of amides is 1. The van der Waals surface area contributed by atoms with Gasteiger partial charge >= 0.3 is 0 Å². The van der Waals surface area contributed by atoms with Crippen LogP contribution >= 0.6 is 0 Å². The Morgan fingerprint density at radius 2 is 1.59 bits per heavy atom. The minimum Gasteiger partial charge on any atom is -0.497 e. The highest BCUT2D eigenvalue weighted by molar-refractivity contribution is 5.77. The highest BCUT2D eigenvalue weighted by Gasteiger charge is 2.24. The number of carbonyl (C=O) groups excluding carboxylic acids is 1. The van der Waals surface area contributed by atoms with E-state index in [1.807, 2.05) is 54.6 Å². The van der Waals surface area contributed by atoms with Crippen LogP contribution in [0.1, 0.15) is 12.5 Å². The maximum atomic E-state index is 12.1. The Morgan fingerprint density at radius 3 is 2.28 bits per heavy atom. The number of methoxy groups -OCH3 is 1. The maximum Gasteiger partial charge on any atom is 0.258 e. The number of hydrogen-bond acceptors (Lipinski definition) is 4. The number of ether oxygens (including phenoxy) is 2. The molecule has 0 aliphatic rings. The molecule has 29 heavy (non-hydrogen) atoms. The predicted octanol–water partition coefficient (Wildman–Crippen LogP) is 3.76. The molecule has 1 amide bonds. The van der Waals surface area contributed by atoms with Crippen molar-refractivity contribution in [3.8, 4) is 22.6 Å². The van der Waals surface area contributed by atoms with Gasteiger partial charge in [0, 0.05) is 6.07 Å². The second-order valence-corrected chi connectivity index (χ2v) is 6.96. The zero-order valence-corrected chi connectivity index (χ0v) is 16.6. The van der Waals surface area contributed by atoms with Gasteiger partial charge in [-0.15, -0.1) is 0 Å². The average Bonchev–Trinajstić information content (AvgIpc) is 2.77. The summed E-state index contributed by atoms with van der Waals surface area (Å²) < 4.78 is 10.6. The molecule has 5 heteroatoms. The van der Waals surface area contributed by atoms with Crippen LogP contribution in [-0.4, -0.2) is 31.3 Å². The number of benzene rings is 3. The number of carbonyl (C=O) groups is 1. The van der Waals surface area contributed by atoms with Gasteiger partial charge in [0.25, 0.3) is 5.91 Å². The Balaban J connectivity index is 1.54. The summed E-state index contributed by atoms with van der Waals surface area (Å²) in [6, 6.07) is 24.8. The normalized spacial score (nSPS) is 12.7. The van der Waals surface area contributed by atoms with Crippen molar-refractivity contribution < 1.29 is 19.4 Å². The third-order valence-corrected chi connectivity index (χ3v) is 4.65. The molecular weight excluding hydrogens is 366 g/mol. The summed E-state index contributed by atoms with van der Waals surface area (Å²) in [5.74, 6) is 0.890. The van der Waals surface area contributed by atoms with Gasteiger partial charge in [-0.1, -0.05) is 60.7 Å². The zero-order chi connectivity index (χ0) is 20.7. The van der Waals surface area contributed by atoms with E-state index in [0.29, 0.717) is 11.5 Å². The van der Waals surface area contributed by atoms with Gasteiger partial charge in [-0.25, -0.2) is 0 Å². The second-order valence-electron chi connectivity index (χ2n) is 6.96. The topological polar surface area (TPSA) is 67.8 Å². The third-order valence-electron chi connectivity index (χ3n) is 4.65. The molecule has 0 aliphatic carbocycles. The number of nitrogens with one attached hydrogen (secondary N) is 1. The SMILES string of the molecule is COc1cccc(OCC(=O)NCC(C)(O)c2ccc(-c3ccccc3)cc2)c1. The molecule has 0 radical (unpaired) electrons. The standard InChI is InChI=1S/C24H25NO4/c1-24(27,20-13-11-19(12-14-20)18-7-4-3-5-8-18)17-25-23(26)16-29-22-10-6-9-21(15-22)28-2/h3-15,27H,16-17H2,1-2H3,(H,25,26). The van der Waals surface area contributed by atoms with E-state index in [9.17, 15) is 9.90 Å². The van der Waals surface area contributed by atoms with E-state index in [1.54, 1.807) is 38.3 Å². The first-order chi connectivity index (χ1) is 14.0. The molecule has 2 N–H and O–H groups in total. The van der Waals surface area contributed by atoms with E-state index in [4.69, 9.17) is 9.47 Å². The summed E-state index contributed by atoms with van der Waals surface area (Å²) >= 11 is 0. The van der Waals surface area contributed by atoms with Crippen LogP contribution in [0.15, 0.2) is 78.9 Å². The Hall–Kier alpha value is -3.31. The lowest BCUT2D eigenvalue weighted by Gasteiger charge is -2.24. The molecule has 0 fully saturated rings. The molecule has 0 saturated heterocycles. The van der Waals surface area contributed by atoms with Crippen molar-refractivity contribution in [3.05, 3.63) is 84.4 Å². The first-order valence-corrected chi connectivity index (χ1v) is 9.40. The van der Waals surface area contributed by atoms with Crippen LogP contribution < -0.4 is 14.8 Å². The molecule has 0 saturated carbocycles.